The molecule has 1 saturated heterocycles. The van der Waals surface area contributed by atoms with Crippen LogP contribution in [0.25, 0.3) is 5.76 Å². The summed E-state index contributed by atoms with van der Waals surface area (Å²) in [4.78, 5) is 37.9. The number of likely N-dealkylation sites (tertiary alicyclic amines) is 1. The number of ketones is 1. The first-order chi connectivity index (χ1) is 15.9. The number of non-ortho nitro benzene ring substituents is 1. The molecule has 1 N–H and O–H groups in total. The van der Waals surface area contributed by atoms with Crippen molar-refractivity contribution < 1.29 is 28.8 Å². The number of benzene rings is 2. The number of carbonyl (C=O) groups excluding carboxylic acids is 2. The summed E-state index contributed by atoms with van der Waals surface area (Å²) in [6, 6.07) is 14.5. The number of ether oxygens (including phenoxy) is 1. The van der Waals surface area contributed by atoms with Crippen LogP contribution in [0.15, 0.2) is 76.9 Å². The summed E-state index contributed by atoms with van der Waals surface area (Å²) in [6.07, 6.45) is 1.46. The van der Waals surface area contributed by atoms with Crippen molar-refractivity contribution in [3.63, 3.8) is 0 Å². The number of nitro benzene ring substituents is 1. The Morgan fingerprint density at radius 1 is 1.15 bits per heavy atom. The Balaban J connectivity index is 1.88. The van der Waals surface area contributed by atoms with E-state index in [4.69, 9.17) is 9.15 Å². The zero-order chi connectivity index (χ0) is 23.5. The summed E-state index contributed by atoms with van der Waals surface area (Å²) in [7, 11) is 0. The van der Waals surface area contributed by atoms with Gasteiger partial charge in [-0.15, -0.1) is 0 Å². The van der Waals surface area contributed by atoms with E-state index in [1.54, 1.807) is 36.4 Å². The predicted molar refractivity (Wildman–Crippen MR) is 117 cm³/mol. The van der Waals surface area contributed by atoms with E-state index in [0.29, 0.717) is 23.7 Å². The molecule has 1 fully saturated rings. The van der Waals surface area contributed by atoms with Gasteiger partial charge in [0, 0.05) is 17.7 Å². The maximum atomic E-state index is 13.1. The van der Waals surface area contributed by atoms with E-state index in [1.165, 1.54) is 29.4 Å². The quantitative estimate of drug-likeness (QED) is 0.189. The molecule has 0 radical (unpaired) electrons. The van der Waals surface area contributed by atoms with Gasteiger partial charge in [0.25, 0.3) is 17.4 Å². The number of furan rings is 1. The van der Waals surface area contributed by atoms with Gasteiger partial charge in [-0.25, -0.2) is 0 Å². The lowest BCUT2D eigenvalue weighted by atomic mass is 9.95. The fourth-order valence-electron chi connectivity index (χ4n) is 3.82. The average Bonchev–Trinajstić information content (AvgIpc) is 3.41. The molecule has 168 valence electrons. The molecule has 1 aliphatic heterocycles. The zero-order valence-electron chi connectivity index (χ0n) is 17.6. The number of hydrogen-bond donors (Lipinski definition) is 1. The van der Waals surface area contributed by atoms with Crippen molar-refractivity contribution in [3.8, 4) is 5.75 Å². The summed E-state index contributed by atoms with van der Waals surface area (Å²) in [6.45, 7) is 2.24. The topological polar surface area (TPSA) is 123 Å². The highest BCUT2D eigenvalue weighted by Gasteiger charge is 2.46. The first kappa shape index (κ1) is 21.8. The molecular weight excluding hydrogens is 428 g/mol. The number of Topliss-reactive ketones (excluding diaryl/α,β-unsaturated/α-hetero) is 1. The SMILES string of the molecule is CCOc1cccc(C2/C(=C(/O)c3cccc([N+](=O)[O-])c3)C(=O)C(=O)N2Cc2ccco2)c1. The molecule has 0 aliphatic carbocycles. The Labute approximate surface area is 188 Å². The van der Waals surface area contributed by atoms with Gasteiger partial charge in [0.05, 0.1) is 36.0 Å². The third kappa shape index (κ3) is 4.20. The molecule has 4 rings (SSSR count). The minimum Gasteiger partial charge on any atom is -0.507 e. The molecule has 0 saturated carbocycles. The monoisotopic (exact) mass is 448 g/mol. The van der Waals surface area contributed by atoms with Crippen LogP contribution in [0.3, 0.4) is 0 Å². The summed E-state index contributed by atoms with van der Waals surface area (Å²) >= 11 is 0. The van der Waals surface area contributed by atoms with Gasteiger partial charge in [0.15, 0.2) is 0 Å². The number of nitro groups is 1. The molecule has 2 heterocycles. The van der Waals surface area contributed by atoms with Crippen LogP contribution in [0.5, 0.6) is 5.75 Å². The Bertz CT molecular complexity index is 1250. The first-order valence-electron chi connectivity index (χ1n) is 10.2. The van der Waals surface area contributed by atoms with E-state index < -0.39 is 28.4 Å². The average molecular weight is 448 g/mol. The molecule has 1 unspecified atom stereocenters. The number of rotatable bonds is 7. The lowest BCUT2D eigenvalue weighted by molar-refractivity contribution is -0.384. The van der Waals surface area contributed by atoms with Crippen LogP contribution in [0.1, 0.15) is 29.9 Å². The van der Waals surface area contributed by atoms with E-state index in [2.05, 4.69) is 0 Å². The molecule has 9 nitrogen and oxygen atoms in total. The van der Waals surface area contributed by atoms with Crippen LogP contribution < -0.4 is 4.74 Å². The highest BCUT2D eigenvalue weighted by molar-refractivity contribution is 6.46. The number of aliphatic hydroxyl groups excluding tert-OH is 1. The fraction of sp³-hybridized carbons (Fsp3) is 0.167. The first-order valence-corrected chi connectivity index (χ1v) is 10.2. The molecular formula is C24H20N2O7. The van der Waals surface area contributed by atoms with Crippen LogP contribution in [0, 0.1) is 10.1 Å². The standard InChI is InChI=1S/C24H20N2O7/c1-2-32-18-9-4-6-15(13-18)21-20(22(27)16-7-3-8-17(12-16)26(30)31)23(28)24(29)25(21)14-19-10-5-11-33-19/h3-13,21,27H,2,14H2,1H3/b22-20-. The van der Waals surface area contributed by atoms with Crippen molar-refractivity contribution in [2.75, 3.05) is 6.61 Å². The number of aliphatic hydroxyl groups is 1. The van der Waals surface area contributed by atoms with Crippen LogP contribution in [0.2, 0.25) is 0 Å². The lowest BCUT2D eigenvalue weighted by Crippen LogP contribution is -2.29. The Morgan fingerprint density at radius 3 is 2.64 bits per heavy atom. The summed E-state index contributed by atoms with van der Waals surface area (Å²) in [5.74, 6) is -1.21. The minimum absolute atomic E-state index is 0.00712. The number of carbonyl (C=O) groups is 2. The second kappa shape index (κ2) is 8.99. The van der Waals surface area contributed by atoms with E-state index >= 15 is 0 Å². The van der Waals surface area contributed by atoms with Crippen LogP contribution >= 0.6 is 0 Å². The van der Waals surface area contributed by atoms with E-state index in [1.807, 2.05) is 6.92 Å². The Kier molecular flexibility index (Phi) is 5.95. The van der Waals surface area contributed by atoms with E-state index in [-0.39, 0.29) is 23.4 Å². The molecule has 0 bridgehead atoms. The maximum absolute atomic E-state index is 13.1. The van der Waals surface area contributed by atoms with Gasteiger partial charge in [-0.05, 0) is 36.8 Å². The minimum atomic E-state index is -0.949. The van der Waals surface area contributed by atoms with Gasteiger partial charge in [0.2, 0.25) is 0 Å². The van der Waals surface area contributed by atoms with E-state index in [9.17, 15) is 24.8 Å². The van der Waals surface area contributed by atoms with E-state index in [0.717, 1.165) is 6.07 Å². The van der Waals surface area contributed by atoms with Crippen molar-refractivity contribution in [2.45, 2.75) is 19.5 Å². The molecule has 1 aromatic heterocycles. The summed E-state index contributed by atoms with van der Waals surface area (Å²) in [5.41, 5.74) is 0.185. The van der Waals surface area contributed by atoms with Crippen LogP contribution in [-0.4, -0.2) is 33.2 Å². The second-order valence-electron chi connectivity index (χ2n) is 7.32. The number of hydrogen-bond acceptors (Lipinski definition) is 7. The van der Waals surface area contributed by atoms with Crippen LogP contribution in [-0.2, 0) is 16.1 Å². The molecule has 2 aromatic carbocycles. The van der Waals surface area contributed by atoms with Gasteiger partial charge < -0.3 is 19.2 Å². The third-order valence-corrected chi connectivity index (χ3v) is 5.26. The molecule has 9 heteroatoms. The Hall–Kier alpha value is -4.40. The van der Waals surface area contributed by atoms with Crippen molar-refractivity contribution in [3.05, 3.63) is 99.5 Å². The Morgan fingerprint density at radius 2 is 1.94 bits per heavy atom. The van der Waals surface area contributed by atoms with Gasteiger partial charge >= 0.3 is 0 Å². The predicted octanol–water partition coefficient (Wildman–Crippen LogP) is 4.21. The van der Waals surface area contributed by atoms with Crippen molar-refractivity contribution >= 4 is 23.1 Å². The van der Waals surface area contributed by atoms with Gasteiger partial charge in [-0.2, -0.15) is 0 Å². The molecule has 1 amide bonds. The van der Waals surface area contributed by atoms with Gasteiger partial charge in [-0.3, -0.25) is 19.7 Å². The molecule has 1 atom stereocenters. The van der Waals surface area contributed by atoms with Crippen molar-refractivity contribution in [2.24, 2.45) is 0 Å². The smallest absolute Gasteiger partial charge is 0.296 e. The maximum Gasteiger partial charge on any atom is 0.296 e. The number of nitrogens with zero attached hydrogens (tertiary/aromatic N) is 2. The summed E-state index contributed by atoms with van der Waals surface area (Å²) < 4.78 is 10.9. The van der Waals surface area contributed by atoms with Crippen molar-refractivity contribution in [1.82, 2.24) is 4.90 Å². The highest BCUT2D eigenvalue weighted by Crippen LogP contribution is 2.41. The van der Waals surface area contributed by atoms with Crippen LogP contribution in [0.4, 0.5) is 5.69 Å². The number of amides is 1. The summed E-state index contributed by atoms with van der Waals surface area (Å²) in [5, 5.41) is 22.2. The van der Waals surface area contributed by atoms with Gasteiger partial charge in [0.1, 0.15) is 17.3 Å². The molecule has 33 heavy (non-hydrogen) atoms. The largest absolute Gasteiger partial charge is 0.507 e. The van der Waals surface area contributed by atoms with Gasteiger partial charge in [-0.1, -0.05) is 24.3 Å². The third-order valence-electron chi connectivity index (χ3n) is 5.26. The second-order valence-corrected chi connectivity index (χ2v) is 7.32. The fourth-order valence-corrected chi connectivity index (χ4v) is 3.82. The lowest BCUT2D eigenvalue weighted by Gasteiger charge is -2.25. The molecule has 0 spiro atoms. The molecule has 1 aliphatic rings. The zero-order valence-corrected chi connectivity index (χ0v) is 17.6. The highest BCUT2D eigenvalue weighted by atomic mass is 16.6. The molecule has 3 aromatic rings. The van der Waals surface area contributed by atoms with Crippen molar-refractivity contribution in [1.29, 1.82) is 0 Å². The normalized spacial score (nSPS) is 17.4.